The van der Waals surface area contributed by atoms with E-state index in [1.54, 1.807) is 13.0 Å². The summed E-state index contributed by atoms with van der Waals surface area (Å²) in [7, 11) is 0. The number of hydrogen-bond acceptors (Lipinski definition) is 4. The van der Waals surface area contributed by atoms with Gasteiger partial charge in [0.2, 0.25) is 5.91 Å². The van der Waals surface area contributed by atoms with Crippen LogP contribution in [0.2, 0.25) is 0 Å². The summed E-state index contributed by atoms with van der Waals surface area (Å²) in [4.78, 5) is 13.2. The lowest BCUT2D eigenvalue weighted by Gasteiger charge is -2.29. The Labute approximate surface area is 105 Å². The van der Waals surface area contributed by atoms with Crippen LogP contribution in [0.5, 0.6) is 5.75 Å². The van der Waals surface area contributed by atoms with Gasteiger partial charge in [-0.15, -0.1) is 0 Å². The minimum atomic E-state index is -0.487. The summed E-state index contributed by atoms with van der Waals surface area (Å²) in [5, 5.41) is 2.73. The predicted molar refractivity (Wildman–Crippen MR) is 67.2 cm³/mol. The zero-order valence-corrected chi connectivity index (χ0v) is 10.2. The highest BCUT2D eigenvalue weighted by Crippen LogP contribution is 2.31. The summed E-state index contributed by atoms with van der Waals surface area (Å²) < 4.78 is 18.8. The van der Waals surface area contributed by atoms with Crippen molar-refractivity contribution in [1.29, 1.82) is 0 Å². The first-order valence-corrected chi connectivity index (χ1v) is 5.85. The largest absolute Gasteiger partial charge is 0.491 e. The molecule has 0 saturated carbocycles. The normalized spacial score (nSPS) is 15.4. The number of benzene rings is 1. The number of hydrogen-bond donors (Lipinski definition) is 2. The van der Waals surface area contributed by atoms with Crippen molar-refractivity contribution in [2.75, 3.05) is 36.9 Å². The van der Waals surface area contributed by atoms with Gasteiger partial charge in [-0.1, -0.05) is 0 Å². The van der Waals surface area contributed by atoms with Gasteiger partial charge in [-0.05, 0) is 6.92 Å². The van der Waals surface area contributed by atoms with Crippen molar-refractivity contribution in [1.82, 2.24) is 5.32 Å². The standard InChI is InChI=1S/C12H16FN3O2/c1-2-18-11-6-10(9(14)5-8(11)13)16-4-3-15-12(17)7-16/h5-6H,2-4,7,14H2,1H3,(H,15,17). The number of nitrogen functional groups attached to an aromatic ring is 1. The molecule has 1 amide bonds. The van der Waals surface area contributed by atoms with E-state index >= 15 is 0 Å². The van der Waals surface area contributed by atoms with Crippen LogP contribution in [-0.2, 0) is 4.79 Å². The molecule has 1 aliphatic rings. The van der Waals surface area contributed by atoms with Crippen molar-refractivity contribution in [3.63, 3.8) is 0 Å². The van der Waals surface area contributed by atoms with Crippen molar-refractivity contribution in [2.24, 2.45) is 0 Å². The first-order chi connectivity index (χ1) is 8.61. The van der Waals surface area contributed by atoms with E-state index in [-0.39, 0.29) is 18.2 Å². The summed E-state index contributed by atoms with van der Waals surface area (Å²) >= 11 is 0. The van der Waals surface area contributed by atoms with E-state index in [4.69, 9.17) is 10.5 Å². The van der Waals surface area contributed by atoms with Gasteiger partial charge >= 0.3 is 0 Å². The molecule has 0 spiro atoms. The van der Waals surface area contributed by atoms with E-state index in [9.17, 15) is 9.18 Å². The number of nitrogens with two attached hydrogens (primary N) is 1. The van der Waals surface area contributed by atoms with E-state index in [2.05, 4.69) is 5.32 Å². The number of amides is 1. The predicted octanol–water partition coefficient (Wildman–Crippen LogP) is 0.743. The Hall–Kier alpha value is -1.98. The molecule has 98 valence electrons. The Balaban J connectivity index is 2.31. The monoisotopic (exact) mass is 253 g/mol. The zero-order valence-electron chi connectivity index (χ0n) is 10.2. The molecule has 0 bridgehead atoms. The second-order valence-electron chi connectivity index (χ2n) is 4.05. The van der Waals surface area contributed by atoms with Gasteiger partial charge < -0.3 is 20.7 Å². The van der Waals surface area contributed by atoms with Gasteiger partial charge in [0.1, 0.15) is 0 Å². The Morgan fingerprint density at radius 1 is 1.56 bits per heavy atom. The Kier molecular flexibility index (Phi) is 3.55. The number of anilines is 2. The van der Waals surface area contributed by atoms with Crippen LogP contribution in [0.25, 0.3) is 0 Å². The quantitative estimate of drug-likeness (QED) is 0.780. The minimum absolute atomic E-state index is 0.0667. The third-order valence-electron chi connectivity index (χ3n) is 2.76. The van der Waals surface area contributed by atoms with Crippen LogP contribution in [0.3, 0.4) is 0 Å². The van der Waals surface area contributed by atoms with Crippen molar-refractivity contribution in [3.8, 4) is 5.75 Å². The number of rotatable bonds is 3. The van der Waals surface area contributed by atoms with E-state index in [0.717, 1.165) is 0 Å². The molecule has 3 N–H and O–H groups in total. The SMILES string of the molecule is CCOc1cc(N2CCNC(=O)C2)c(N)cc1F. The van der Waals surface area contributed by atoms with E-state index < -0.39 is 5.82 Å². The molecule has 0 aromatic heterocycles. The lowest BCUT2D eigenvalue weighted by Crippen LogP contribution is -2.47. The van der Waals surface area contributed by atoms with Crippen LogP contribution in [0, 0.1) is 5.82 Å². The van der Waals surface area contributed by atoms with Crippen LogP contribution < -0.4 is 20.7 Å². The van der Waals surface area contributed by atoms with Crippen LogP contribution in [0.4, 0.5) is 15.8 Å². The third kappa shape index (κ3) is 2.47. The Morgan fingerprint density at radius 3 is 3.00 bits per heavy atom. The lowest BCUT2D eigenvalue weighted by atomic mass is 10.2. The van der Waals surface area contributed by atoms with Crippen LogP contribution >= 0.6 is 0 Å². The fraction of sp³-hybridized carbons (Fsp3) is 0.417. The van der Waals surface area contributed by atoms with E-state index in [0.29, 0.717) is 31.1 Å². The molecular formula is C12H16FN3O2. The molecular weight excluding hydrogens is 237 g/mol. The maximum Gasteiger partial charge on any atom is 0.239 e. The highest BCUT2D eigenvalue weighted by molar-refractivity contribution is 5.84. The smallest absolute Gasteiger partial charge is 0.239 e. The number of nitrogens with zero attached hydrogens (tertiary/aromatic N) is 1. The molecule has 0 unspecified atom stereocenters. The molecule has 1 heterocycles. The maximum absolute atomic E-state index is 13.6. The second-order valence-corrected chi connectivity index (χ2v) is 4.05. The number of piperazine rings is 1. The van der Waals surface area contributed by atoms with Crippen LogP contribution in [0.1, 0.15) is 6.92 Å². The first kappa shape index (κ1) is 12.5. The van der Waals surface area contributed by atoms with Gasteiger partial charge in [-0.2, -0.15) is 0 Å². The average Bonchev–Trinajstić information content (AvgIpc) is 2.33. The van der Waals surface area contributed by atoms with Crippen molar-refractivity contribution in [3.05, 3.63) is 17.9 Å². The summed E-state index contributed by atoms with van der Waals surface area (Å²) in [6.07, 6.45) is 0. The van der Waals surface area contributed by atoms with Crippen LogP contribution in [0.15, 0.2) is 12.1 Å². The lowest BCUT2D eigenvalue weighted by molar-refractivity contribution is -0.120. The molecule has 18 heavy (non-hydrogen) atoms. The molecule has 0 atom stereocenters. The summed E-state index contributed by atoms with van der Waals surface area (Å²) in [5.74, 6) is -0.393. The van der Waals surface area contributed by atoms with Gasteiger partial charge in [0.25, 0.3) is 0 Å². The highest BCUT2D eigenvalue weighted by atomic mass is 19.1. The molecule has 0 radical (unpaired) electrons. The molecule has 1 aromatic carbocycles. The summed E-state index contributed by atoms with van der Waals surface area (Å²) in [6.45, 7) is 3.58. The van der Waals surface area contributed by atoms with Gasteiger partial charge in [-0.3, -0.25) is 4.79 Å². The first-order valence-electron chi connectivity index (χ1n) is 5.85. The zero-order chi connectivity index (χ0) is 13.1. The van der Waals surface area contributed by atoms with E-state index in [1.807, 2.05) is 4.90 Å². The molecule has 1 fully saturated rings. The number of carbonyl (C=O) groups is 1. The molecule has 1 aliphatic heterocycles. The molecule has 5 nitrogen and oxygen atoms in total. The number of ether oxygens (including phenoxy) is 1. The topological polar surface area (TPSA) is 67.6 Å². The van der Waals surface area contributed by atoms with Crippen LogP contribution in [-0.4, -0.2) is 32.1 Å². The average molecular weight is 253 g/mol. The molecule has 1 aromatic rings. The maximum atomic E-state index is 13.6. The van der Waals surface area contributed by atoms with E-state index in [1.165, 1.54) is 6.07 Å². The fourth-order valence-corrected chi connectivity index (χ4v) is 1.94. The number of nitrogens with one attached hydrogen (secondary N) is 1. The molecule has 6 heteroatoms. The number of halogens is 1. The Bertz CT molecular complexity index is 465. The molecule has 1 saturated heterocycles. The van der Waals surface area contributed by atoms with Crippen molar-refractivity contribution < 1.29 is 13.9 Å². The minimum Gasteiger partial charge on any atom is -0.491 e. The summed E-state index contributed by atoms with van der Waals surface area (Å²) in [5.41, 5.74) is 6.74. The molecule has 2 rings (SSSR count). The molecule has 0 aliphatic carbocycles. The number of carbonyl (C=O) groups excluding carboxylic acids is 1. The van der Waals surface area contributed by atoms with Gasteiger partial charge in [-0.25, -0.2) is 4.39 Å². The highest BCUT2D eigenvalue weighted by Gasteiger charge is 2.20. The Morgan fingerprint density at radius 2 is 2.33 bits per heavy atom. The van der Waals surface area contributed by atoms with Gasteiger partial charge in [0, 0.05) is 25.2 Å². The van der Waals surface area contributed by atoms with Crippen molar-refractivity contribution >= 4 is 17.3 Å². The van der Waals surface area contributed by atoms with Gasteiger partial charge in [0.05, 0.1) is 24.5 Å². The van der Waals surface area contributed by atoms with Crippen molar-refractivity contribution in [2.45, 2.75) is 6.92 Å². The van der Waals surface area contributed by atoms with Gasteiger partial charge in [0.15, 0.2) is 11.6 Å². The summed E-state index contributed by atoms with van der Waals surface area (Å²) in [6, 6.07) is 2.78. The second kappa shape index (κ2) is 5.12. The fourth-order valence-electron chi connectivity index (χ4n) is 1.94. The third-order valence-corrected chi connectivity index (χ3v) is 2.76.